The summed E-state index contributed by atoms with van der Waals surface area (Å²) < 4.78 is 2.07. The van der Waals surface area contributed by atoms with Crippen LogP contribution in [0.1, 0.15) is 16.8 Å². The van der Waals surface area contributed by atoms with Gasteiger partial charge in [0.2, 0.25) is 0 Å². The minimum atomic E-state index is 0.253. The van der Waals surface area contributed by atoms with E-state index >= 15 is 0 Å². The Labute approximate surface area is 116 Å². The van der Waals surface area contributed by atoms with Gasteiger partial charge in [0.25, 0.3) is 0 Å². The molecular weight excluding hydrogens is 250 g/mol. The Morgan fingerprint density at radius 3 is 3.00 bits per heavy atom. The van der Waals surface area contributed by atoms with Crippen molar-refractivity contribution in [3.05, 3.63) is 59.5 Å². The molecule has 0 amide bonds. The highest BCUT2D eigenvalue weighted by Crippen LogP contribution is 2.31. The number of fused-ring (bicyclic) bond motifs is 2. The topological polar surface area (TPSA) is 49.9 Å². The van der Waals surface area contributed by atoms with Crippen molar-refractivity contribution in [1.29, 1.82) is 0 Å². The molecule has 1 aliphatic heterocycles. The Bertz CT molecular complexity index is 861. The second-order valence-corrected chi connectivity index (χ2v) is 5.13. The number of aliphatic imine (C=N–C) groups is 1. The molecule has 0 fully saturated rings. The first-order valence-corrected chi connectivity index (χ1v) is 6.54. The molecule has 4 heteroatoms. The number of hydrogen-bond acceptors (Lipinski definition) is 3. The summed E-state index contributed by atoms with van der Waals surface area (Å²) in [5.41, 5.74) is 6.10. The monoisotopic (exact) mass is 263 g/mol. The molecule has 0 saturated heterocycles. The predicted molar refractivity (Wildman–Crippen MR) is 77.9 cm³/mol. The minimum Gasteiger partial charge on any atom is -0.508 e. The van der Waals surface area contributed by atoms with Crippen LogP contribution in [0.3, 0.4) is 0 Å². The van der Waals surface area contributed by atoms with Crippen LogP contribution in [0, 0.1) is 6.92 Å². The van der Waals surface area contributed by atoms with Crippen molar-refractivity contribution in [3.63, 3.8) is 0 Å². The lowest BCUT2D eigenvalue weighted by molar-refractivity contribution is 0.475. The first-order chi connectivity index (χ1) is 9.70. The SMILES string of the molecule is Cc1ccc2ncc(C3=Nc4cc(O)ccc4C3)n2c1. The Morgan fingerprint density at radius 2 is 2.10 bits per heavy atom. The van der Waals surface area contributed by atoms with E-state index in [2.05, 4.69) is 33.6 Å². The highest BCUT2D eigenvalue weighted by atomic mass is 16.3. The van der Waals surface area contributed by atoms with Crippen LogP contribution in [0.25, 0.3) is 5.65 Å². The maximum absolute atomic E-state index is 9.53. The second-order valence-electron chi connectivity index (χ2n) is 5.13. The van der Waals surface area contributed by atoms with Gasteiger partial charge in [-0.3, -0.25) is 9.39 Å². The van der Waals surface area contributed by atoms with Crippen molar-refractivity contribution in [2.24, 2.45) is 4.99 Å². The van der Waals surface area contributed by atoms with Crippen molar-refractivity contribution in [3.8, 4) is 5.75 Å². The summed E-state index contributed by atoms with van der Waals surface area (Å²) in [5, 5.41) is 9.53. The Morgan fingerprint density at radius 1 is 1.20 bits per heavy atom. The van der Waals surface area contributed by atoms with Gasteiger partial charge >= 0.3 is 0 Å². The van der Waals surface area contributed by atoms with Gasteiger partial charge in [0, 0.05) is 18.7 Å². The highest BCUT2D eigenvalue weighted by Gasteiger charge is 2.19. The molecule has 4 rings (SSSR count). The van der Waals surface area contributed by atoms with E-state index < -0.39 is 0 Å². The third kappa shape index (κ3) is 1.61. The van der Waals surface area contributed by atoms with Crippen LogP contribution in [0.2, 0.25) is 0 Å². The maximum Gasteiger partial charge on any atom is 0.137 e. The van der Waals surface area contributed by atoms with Crippen molar-refractivity contribution in [2.75, 3.05) is 0 Å². The molecule has 0 saturated carbocycles. The summed E-state index contributed by atoms with van der Waals surface area (Å²) in [6.45, 7) is 2.06. The molecular formula is C16H13N3O. The summed E-state index contributed by atoms with van der Waals surface area (Å²) >= 11 is 0. The number of benzene rings is 1. The van der Waals surface area contributed by atoms with Crippen LogP contribution in [0.5, 0.6) is 5.75 Å². The van der Waals surface area contributed by atoms with E-state index in [4.69, 9.17) is 0 Å². The highest BCUT2D eigenvalue weighted by molar-refractivity contribution is 6.05. The van der Waals surface area contributed by atoms with Gasteiger partial charge in [-0.2, -0.15) is 0 Å². The van der Waals surface area contributed by atoms with Gasteiger partial charge in [-0.1, -0.05) is 12.1 Å². The average Bonchev–Trinajstić information content (AvgIpc) is 3.00. The molecule has 0 atom stereocenters. The van der Waals surface area contributed by atoms with Crippen LogP contribution < -0.4 is 0 Å². The number of aromatic hydroxyl groups is 1. The number of rotatable bonds is 1. The van der Waals surface area contributed by atoms with Gasteiger partial charge in [-0.15, -0.1) is 0 Å². The van der Waals surface area contributed by atoms with Crippen LogP contribution in [0.4, 0.5) is 5.69 Å². The van der Waals surface area contributed by atoms with Crippen molar-refractivity contribution >= 4 is 17.0 Å². The lowest BCUT2D eigenvalue weighted by Crippen LogP contribution is -2.04. The van der Waals surface area contributed by atoms with E-state index in [1.165, 1.54) is 5.56 Å². The standard InChI is InChI=1S/C16H13N3O/c1-10-2-5-16-17-8-15(19(16)9-10)14-6-11-3-4-12(20)7-13(11)18-14/h2-5,7-9,20H,6H2,1H3. The fourth-order valence-corrected chi connectivity index (χ4v) is 2.62. The third-order valence-electron chi connectivity index (χ3n) is 3.63. The summed E-state index contributed by atoms with van der Waals surface area (Å²) in [7, 11) is 0. The first kappa shape index (κ1) is 11.2. The molecule has 1 aromatic carbocycles. The van der Waals surface area contributed by atoms with E-state index in [1.807, 2.05) is 18.3 Å². The van der Waals surface area contributed by atoms with Crippen LogP contribution in [-0.4, -0.2) is 20.2 Å². The number of imidazole rings is 1. The van der Waals surface area contributed by atoms with Crippen molar-refractivity contribution in [1.82, 2.24) is 9.38 Å². The summed E-state index contributed by atoms with van der Waals surface area (Å²) in [6.07, 6.45) is 4.71. The molecule has 1 N–H and O–H groups in total. The molecule has 0 radical (unpaired) electrons. The fraction of sp³-hybridized carbons (Fsp3) is 0.125. The molecule has 0 bridgehead atoms. The fourth-order valence-electron chi connectivity index (χ4n) is 2.62. The normalized spacial score (nSPS) is 13.6. The lowest BCUT2D eigenvalue weighted by Gasteiger charge is -2.02. The minimum absolute atomic E-state index is 0.253. The van der Waals surface area contributed by atoms with Gasteiger partial charge < -0.3 is 5.11 Å². The zero-order valence-corrected chi connectivity index (χ0v) is 11.0. The molecule has 4 nitrogen and oxygen atoms in total. The number of phenols is 1. The van der Waals surface area contributed by atoms with Gasteiger partial charge in [0.15, 0.2) is 0 Å². The molecule has 98 valence electrons. The van der Waals surface area contributed by atoms with Gasteiger partial charge in [-0.25, -0.2) is 4.98 Å². The van der Waals surface area contributed by atoms with Gasteiger partial charge in [-0.05, 0) is 30.2 Å². The molecule has 1 aliphatic rings. The molecule has 0 spiro atoms. The average molecular weight is 263 g/mol. The molecule has 0 unspecified atom stereocenters. The third-order valence-corrected chi connectivity index (χ3v) is 3.63. The number of nitrogens with zero attached hydrogens (tertiary/aromatic N) is 3. The molecule has 20 heavy (non-hydrogen) atoms. The van der Waals surface area contributed by atoms with Gasteiger partial charge in [0.1, 0.15) is 11.4 Å². The van der Waals surface area contributed by atoms with Crippen molar-refractivity contribution in [2.45, 2.75) is 13.3 Å². The van der Waals surface area contributed by atoms with Gasteiger partial charge in [0.05, 0.1) is 23.3 Å². The van der Waals surface area contributed by atoms with Crippen LogP contribution in [0.15, 0.2) is 47.7 Å². The zero-order valence-electron chi connectivity index (χ0n) is 11.0. The maximum atomic E-state index is 9.53. The molecule has 3 aromatic rings. The Hall–Kier alpha value is -2.62. The van der Waals surface area contributed by atoms with E-state index in [0.29, 0.717) is 0 Å². The van der Waals surface area contributed by atoms with Crippen LogP contribution >= 0.6 is 0 Å². The largest absolute Gasteiger partial charge is 0.508 e. The zero-order chi connectivity index (χ0) is 13.7. The predicted octanol–water partition coefficient (Wildman–Crippen LogP) is 3.03. The number of hydrogen-bond donors (Lipinski definition) is 1. The number of pyridine rings is 1. The Kier molecular flexibility index (Phi) is 2.21. The first-order valence-electron chi connectivity index (χ1n) is 6.54. The molecule has 3 heterocycles. The number of aryl methyl sites for hydroxylation is 1. The van der Waals surface area contributed by atoms with Crippen LogP contribution in [-0.2, 0) is 6.42 Å². The molecule has 0 aliphatic carbocycles. The Balaban J connectivity index is 1.86. The van der Waals surface area contributed by atoms with E-state index in [1.54, 1.807) is 12.1 Å². The number of phenolic OH excluding ortho intramolecular Hbond substituents is 1. The lowest BCUT2D eigenvalue weighted by atomic mass is 10.1. The summed E-state index contributed by atoms with van der Waals surface area (Å²) in [4.78, 5) is 9.05. The van der Waals surface area contributed by atoms with E-state index in [9.17, 15) is 5.11 Å². The second kappa shape index (κ2) is 3.93. The summed E-state index contributed by atoms with van der Waals surface area (Å²) in [6, 6.07) is 9.39. The molecule has 2 aromatic heterocycles. The van der Waals surface area contributed by atoms with E-state index in [0.717, 1.165) is 34.7 Å². The quantitative estimate of drug-likeness (QED) is 0.733. The van der Waals surface area contributed by atoms with E-state index in [-0.39, 0.29) is 5.75 Å². The number of aromatic nitrogens is 2. The van der Waals surface area contributed by atoms with Crippen molar-refractivity contribution < 1.29 is 5.11 Å². The smallest absolute Gasteiger partial charge is 0.137 e. The summed E-state index contributed by atoms with van der Waals surface area (Å²) in [5.74, 6) is 0.253.